The van der Waals surface area contributed by atoms with Gasteiger partial charge in [0.15, 0.2) is 0 Å². The van der Waals surface area contributed by atoms with Crippen molar-refractivity contribution < 1.29 is 0 Å². The Labute approximate surface area is 124 Å². The van der Waals surface area contributed by atoms with E-state index in [1.807, 2.05) is 0 Å². The summed E-state index contributed by atoms with van der Waals surface area (Å²) >= 11 is 0. The van der Waals surface area contributed by atoms with Crippen LogP contribution in [0.5, 0.6) is 0 Å². The Morgan fingerprint density at radius 2 is 1.35 bits per heavy atom. The van der Waals surface area contributed by atoms with Crippen molar-refractivity contribution in [2.45, 2.75) is 54.4 Å². The van der Waals surface area contributed by atoms with Crippen LogP contribution in [0.1, 0.15) is 47.2 Å². The largest absolute Gasteiger partial charge is 0.0613 e. The van der Waals surface area contributed by atoms with Gasteiger partial charge in [0.1, 0.15) is 0 Å². The number of benzene rings is 2. The molecule has 0 spiro atoms. The lowest BCUT2D eigenvalue weighted by molar-refractivity contribution is 1.10. The van der Waals surface area contributed by atoms with Gasteiger partial charge in [-0.25, -0.2) is 0 Å². The predicted molar refractivity (Wildman–Crippen MR) is 90.6 cm³/mol. The highest BCUT2D eigenvalue weighted by Gasteiger charge is 1.93. The highest BCUT2D eigenvalue weighted by atomic mass is 14.0. The zero-order valence-electron chi connectivity index (χ0n) is 13.9. The molecule has 0 unspecified atom stereocenters. The topological polar surface area (TPSA) is 0 Å². The lowest BCUT2D eigenvalue weighted by Gasteiger charge is -2.02. The summed E-state index contributed by atoms with van der Waals surface area (Å²) in [6.07, 6.45) is 2.28. The molecule has 0 amide bonds. The fourth-order valence-electron chi connectivity index (χ4n) is 2.27. The summed E-state index contributed by atoms with van der Waals surface area (Å²) in [6.45, 7) is 13.0. The number of rotatable bonds is 2. The van der Waals surface area contributed by atoms with Crippen LogP contribution in [0, 0.1) is 27.7 Å². The lowest BCUT2D eigenvalue weighted by atomic mass is 10.0. The molecule has 0 aliphatic carbocycles. The monoisotopic (exact) mass is 268 g/mol. The molecule has 2 aromatic rings. The predicted octanol–water partition coefficient (Wildman–Crippen LogP) is 5.73. The average Bonchev–Trinajstić information content (AvgIpc) is 2.43. The Morgan fingerprint density at radius 3 is 1.85 bits per heavy atom. The molecule has 2 aromatic carbocycles. The molecule has 0 fully saturated rings. The Bertz CT molecular complexity index is 550. The minimum atomic E-state index is 1.14. The maximum absolute atomic E-state index is 2.26. The molecule has 0 aromatic heterocycles. The van der Waals surface area contributed by atoms with Crippen molar-refractivity contribution in [2.75, 3.05) is 0 Å². The van der Waals surface area contributed by atoms with Gasteiger partial charge in [-0.15, -0.1) is 0 Å². The van der Waals surface area contributed by atoms with E-state index in [9.17, 15) is 0 Å². The van der Waals surface area contributed by atoms with Crippen LogP contribution in [-0.4, -0.2) is 0 Å². The molecule has 108 valence electrons. The summed E-state index contributed by atoms with van der Waals surface area (Å²) < 4.78 is 0. The van der Waals surface area contributed by atoms with Crippen LogP contribution in [0.15, 0.2) is 36.4 Å². The average molecular weight is 268 g/mol. The maximum Gasteiger partial charge on any atom is -0.0305 e. The minimum Gasteiger partial charge on any atom is -0.0613 e. The fourth-order valence-corrected chi connectivity index (χ4v) is 2.27. The van der Waals surface area contributed by atoms with Gasteiger partial charge in [0.2, 0.25) is 0 Å². The molecule has 0 N–H and O–H groups in total. The molecule has 0 saturated heterocycles. The minimum absolute atomic E-state index is 1.14. The number of aryl methyl sites for hydroxylation is 6. The van der Waals surface area contributed by atoms with Gasteiger partial charge in [0, 0.05) is 0 Å². The van der Waals surface area contributed by atoms with Gasteiger partial charge in [-0.2, -0.15) is 0 Å². The molecule has 0 heterocycles. The molecule has 0 aliphatic heterocycles. The zero-order valence-corrected chi connectivity index (χ0v) is 13.9. The fraction of sp³-hybridized carbons (Fsp3) is 0.400. The maximum atomic E-state index is 2.26. The van der Waals surface area contributed by atoms with Gasteiger partial charge in [0.25, 0.3) is 0 Å². The summed E-state index contributed by atoms with van der Waals surface area (Å²) in [5, 5.41) is 0. The third kappa shape index (κ3) is 4.85. The normalized spacial score (nSPS) is 9.90. The van der Waals surface area contributed by atoms with Crippen molar-refractivity contribution in [1.82, 2.24) is 0 Å². The van der Waals surface area contributed by atoms with Crippen molar-refractivity contribution >= 4 is 0 Å². The van der Waals surface area contributed by atoms with Crippen molar-refractivity contribution in [3.05, 3.63) is 69.8 Å². The Hall–Kier alpha value is -1.56. The van der Waals surface area contributed by atoms with Crippen LogP contribution < -0.4 is 0 Å². The van der Waals surface area contributed by atoms with E-state index >= 15 is 0 Å². The molecule has 0 atom stereocenters. The number of hydrogen-bond donors (Lipinski definition) is 0. The van der Waals surface area contributed by atoms with Gasteiger partial charge in [-0.1, -0.05) is 55.8 Å². The van der Waals surface area contributed by atoms with E-state index in [1.54, 1.807) is 0 Å². The van der Waals surface area contributed by atoms with Gasteiger partial charge < -0.3 is 0 Å². The van der Waals surface area contributed by atoms with Crippen molar-refractivity contribution in [3.63, 3.8) is 0 Å². The van der Waals surface area contributed by atoms with E-state index in [0.717, 1.165) is 12.8 Å². The molecular formula is C20H28. The SMILES string of the molecule is CCc1ccc(C)c(C)c1.CCc1ccc(C)cc1C. The molecule has 0 aliphatic rings. The summed E-state index contributed by atoms with van der Waals surface area (Å²) in [5.74, 6) is 0. The Morgan fingerprint density at radius 1 is 0.650 bits per heavy atom. The smallest absolute Gasteiger partial charge is 0.0305 e. The van der Waals surface area contributed by atoms with Crippen LogP contribution >= 0.6 is 0 Å². The van der Waals surface area contributed by atoms with Gasteiger partial charge in [0.05, 0.1) is 0 Å². The van der Waals surface area contributed by atoms with Gasteiger partial charge in [-0.05, 0) is 68.4 Å². The molecule has 0 heteroatoms. The van der Waals surface area contributed by atoms with Crippen LogP contribution in [-0.2, 0) is 12.8 Å². The molecule has 2 rings (SSSR count). The van der Waals surface area contributed by atoms with Crippen LogP contribution in [0.2, 0.25) is 0 Å². The third-order valence-electron chi connectivity index (χ3n) is 3.86. The Balaban J connectivity index is 0.000000200. The first kappa shape index (κ1) is 16.5. The molecular weight excluding hydrogens is 240 g/mol. The zero-order chi connectivity index (χ0) is 15.1. The highest BCUT2D eigenvalue weighted by Crippen LogP contribution is 2.10. The summed E-state index contributed by atoms with van der Waals surface area (Å²) in [6, 6.07) is 13.3. The van der Waals surface area contributed by atoms with E-state index in [4.69, 9.17) is 0 Å². The summed E-state index contributed by atoms with van der Waals surface area (Å²) in [5.41, 5.74) is 8.46. The highest BCUT2D eigenvalue weighted by molar-refractivity contribution is 5.30. The summed E-state index contributed by atoms with van der Waals surface area (Å²) in [7, 11) is 0. The number of hydrogen-bond acceptors (Lipinski definition) is 0. The molecule has 20 heavy (non-hydrogen) atoms. The second-order valence-electron chi connectivity index (χ2n) is 5.56. The van der Waals surface area contributed by atoms with Crippen LogP contribution in [0.25, 0.3) is 0 Å². The quantitative estimate of drug-likeness (QED) is 0.652. The van der Waals surface area contributed by atoms with E-state index < -0.39 is 0 Å². The first-order chi connectivity index (χ1) is 9.47. The Kier molecular flexibility index (Phi) is 6.51. The van der Waals surface area contributed by atoms with Crippen molar-refractivity contribution in [3.8, 4) is 0 Å². The first-order valence-electron chi connectivity index (χ1n) is 7.60. The standard InChI is InChI=1S/2C10H14/c1-4-10-6-5-8(2)9(3)7-10;1-4-10-6-5-8(2)7-9(10)3/h2*5-7H,4H2,1-3H3. The van der Waals surface area contributed by atoms with Gasteiger partial charge in [-0.3, -0.25) is 0 Å². The summed E-state index contributed by atoms with van der Waals surface area (Å²) in [4.78, 5) is 0. The van der Waals surface area contributed by atoms with E-state index in [2.05, 4.69) is 77.9 Å². The molecule has 0 radical (unpaired) electrons. The molecule has 0 saturated carbocycles. The molecule has 0 nitrogen and oxygen atoms in total. The van der Waals surface area contributed by atoms with Crippen LogP contribution in [0.3, 0.4) is 0 Å². The second kappa shape index (κ2) is 7.89. The third-order valence-corrected chi connectivity index (χ3v) is 3.86. The molecule has 0 bridgehead atoms. The second-order valence-corrected chi connectivity index (χ2v) is 5.56. The van der Waals surface area contributed by atoms with E-state index in [1.165, 1.54) is 33.4 Å². The van der Waals surface area contributed by atoms with Crippen molar-refractivity contribution in [1.29, 1.82) is 0 Å². The van der Waals surface area contributed by atoms with E-state index in [0.29, 0.717) is 0 Å². The van der Waals surface area contributed by atoms with Crippen LogP contribution in [0.4, 0.5) is 0 Å². The van der Waals surface area contributed by atoms with Crippen molar-refractivity contribution in [2.24, 2.45) is 0 Å². The van der Waals surface area contributed by atoms with E-state index in [-0.39, 0.29) is 0 Å². The lowest BCUT2D eigenvalue weighted by Crippen LogP contribution is -1.85. The van der Waals surface area contributed by atoms with Gasteiger partial charge >= 0.3 is 0 Å². The first-order valence-corrected chi connectivity index (χ1v) is 7.60.